The Bertz CT molecular complexity index is 256. The van der Waals surface area contributed by atoms with Gasteiger partial charge in [0.15, 0.2) is 0 Å². The molecule has 2 heteroatoms. The predicted molar refractivity (Wildman–Crippen MR) is 60.0 cm³/mol. The summed E-state index contributed by atoms with van der Waals surface area (Å²) in [7, 11) is 0. The van der Waals surface area contributed by atoms with Crippen molar-refractivity contribution in [3.8, 4) is 0 Å². The maximum atomic E-state index is 10.7. The largest absolute Gasteiger partial charge is 0.350 e. The summed E-state index contributed by atoms with van der Waals surface area (Å²) in [5, 5.41) is 2.82. The van der Waals surface area contributed by atoms with Gasteiger partial charge in [-0.1, -0.05) is 44.2 Å². The maximum Gasteiger partial charge on any atom is 0.217 e. The van der Waals surface area contributed by atoms with Crippen LogP contribution >= 0.6 is 0 Å². The van der Waals surface area contributed by atoms with Gasteiger partial charge < -0.3 is 5.32 Å². The van der Waals surface area contributed by atoms with Gasteiger partial charge in [0.25, 0.3) is 0 Å². The smallest absolute Gasteiger partial charge is 0.217 e. The van der Waals surface area contributed by atoms with Crippen LogP contribution in [0.15, 0.2) is 30.3 Å². The molecule has 0 aromatic heterocycles. The standard InChI is InChI=1S/C10H13NO.C2H6/c1-8(11-9(2)12)10-6-4-3-5-7-10;1-2/h3-8H,1-2H3,(H,11,12);1-2H3/t8-;/m0./s1. The van der Waals surface area contributed by atoms with E-state index in [-0.39, 0.29) is 11.9 Å². The summed E-state index contributed by atoms with van der Waals surface area (Å²) in [6, 6.07) is 10.00. The van der Waals surface area contributed by atoms with E-state index in [4.69, 9.17) is 0 Å². The molecule has 0 aliphatic rings. The van der Waals surface area contributed by atoms with Crippen molar-refractivity contribution in [2.24, 2.45) is 0 Å². The minimum absolute atomic E-state index is 0.00588. The fourth-order valence-electron chi connectivity index (χ4n) is 1.13. The Morgan fingerprint density at radius 3 is 2.14 bits per heavy atom. The average Bonchev–Trinajstić information content (AvgIpc) is 2.21. The van der Waals surface area contributed by atoms with Crippen LogP contribution in [0.3, 0.4) is 0 Å². The highest BCUT2D eigenvalue weighted by atomic mass is 16.1. The van der Waals surface area contributed by atoms with Gasteiger partial charge in [-0.15, -0.1) is 0 Å². The molecule has 0 heterocycles. The fraction of sp³-hybridized carbons (Fsp3) is 0.417. The average molecular weight is 193 g/mol. The Morgan fingerprint density at radius 2 is 1.71 bits per heavy atom. The molecule has 1 atom stereocenters. The molecule has 1 amide bonds. The molecule has 0 saturated carbocycles. The second-order valence-corrected chi connectivity index (χ2v) is 2.83. The topological polar surface area (TPSA) is 29.1 Å². The molecule has 1 aromatic rings. The van der Waals surface area contributed by atoms with E-state index in [0.717, 1.165) is 5.56 Å². The highest BCUT2D eigenvalue weighted by Crippen LogP contribution is 2.10. The number of rotatable bonds is 2. The van der Waals surface area contributed by atoms with Gasteiger partial charge in [-0.3, -0.25) is 4.79 Å². The Hall–Kier alpha value is -1.31. The molecule has 2 nitrogen and oxygen atoms in total. The van der Waals surface area contributed by atoms with Crippen molar-refractivity contribution in [1.29, 1.82) is 0 Å². The van der Waals surface area contributed by atoms with E-state index < -0.39 is 0 Å². The van der Waals surface area contributed by atoms with Crippen molar-refractivity contribution in [1.82, 2.24) is 5.32 Å². The number of amides is 1. The molecule has 0 aliphatic carbocycles. The number of nitrogens with one attached hydrogen (secondary N) is 1. The zero-order valence-corrected chi connectivity index (χ0v) is 9.37. The summed E-state index contributed by atoms with van der Waals surface area (Å²) >= 11 is 0. The lowest BCUT2D eigenvalue weighted by molar-refractivity contribution is -0.119. The Kier molecular flexibility index (Phi) is 6.46. The van der Waals surface area contributed by atoms with Crippen LogP contribution < -0.4 is 5.32 Å². The third kappa shape index (κ3) is 4.65. The molecular formula is C12H19NO. The van der Waals surface area contributed by atoms with E-state index in [0.29, 0.717) is 0 Å². The molecule has 0 saturated heterocycles. The van der Waals surface area contributed by atoms with Gasteiger partial charge in [-0.2, -0.15) is 0 Å². The molecule has 0 aliphatic heterocycles. The van der Waals surface area contributed by atoms with E-state index in [9.17, 15) is 4.79 Å². The van der Waals surface area contributed by atoms with Crippen LogP contribution in [0.1, 0.15) is 39.3 Å². The molecule has 1 aromatic carbocycles. The minimum atomic E-state index is 0.00588. The van der Waals surface area contributed by atoms with Crippen molar-refractivity contribution in [3.63, 3.8) is 0 Å². The van der Waals surface area contributed by atoms with Crippen LogP contribution in [0, 0.1) is 0 Å². The Morgan fingerprint density at radius 1 is 1.21 bits per heavy atom. The van der Waals surface area contributed by atoms with Crippen molar-refractivity contribution in [2.45, 2.75) is 33.7 Å². The highest BCUT2D eigenvalue weighted by Gasteiger charge is 2.03. The van der Waals surface area contributed by atoms with Crippen LogP contribution in [0.2, 0.25) is 0 Å². The summed E-state index contributed by atoms with van der Waals surface area (Å²) < 4.78 is 0. The second-order valence-electron chi connectivity index (χ2n) is 2.83. The molecular weight excluding hydrogens is 174 g/mol. The summed E-state index contributed by atoms with van der Waals surface area (Å²) in [5.74, 6) is 0.00588. The number of carbonyl (C=O) groups is 1. The SMILES string of the molecule is CC.CC(=O)N[C@@H](C)c1ccccc1. The molecule has 0 unspecified atom stereocenters. The summed E-state index contributed by atoms with van der Waals surface area (Å²) in [6.07, 6.45) is 0. The summed E-state index contributed by atoms with van der Waals surface area (Å²) in [4.78, 5) is 10.7. The molecule has 1 N–H and O–H groups in total. The number of hydrogen-bond donors (Lipinski definition) is 1. The third-order valence-electron chi connectivity index (χ3n) is 1.72. The first-order chi connectivity index (χ1) is 6.70. The monoisotopic (exact) mass is 193 g/mol. The molecule has 1 rings (SSSR count). The van der Waals surface area contributed by atoms with Crippen molar-refractivity contribution < 1.29 is 4.79 Å². The summed E-state index contributed by atoms with van der Waals surface area (Å²) in [6.45, 7) is 7.50. The zero-order chi connectivity index (χ0) is 11.0. The highest BCUT2D eigenvalue weighted by molar-refractivity contribution is 5.73. The number of carbonyl (C=O) groups excluding carboxylic acids is 1. The Balaban J connectivity index is 0.000000791. The molecule has 0 radical (unpaired) electrons. The van der Waals surface area contributed by atoms with E-state index in [2.05, 4.69) is 5.32 Å². The van der Waals surface area contributed by atoms with E-state index >= 15 is 0 Å². The third-order valence-corrected chi connectivity index (χ3v) is 1.72. The minimum Gasteiger partial charge on any atom is -0.350 e. The van der Waals surface area contributed by atoms with Crippen molar-refractivity contribution in [2.75, 3.05) is 0 Å². The summed E-state index contributed by atoms with van der Waals surface area (Å²) in [5.41, 5.74) is 1.13. The second kappa shape index (κ2) is 7.13. The van der Waals surface area contributed by atoms with Gasteiger partial charge in [-0.05, 0) is 12.5 Å². The first kappa shape index (κ1) is 12.7. The zero-order valence-electron chi connectivity index (χ0n) is 9.37. The van der Waals surface area contributed by atoms with Crippen molar-refractivity contribution >= 4 is 5.91 Å². The molecule has 14 heavy (non-hydrogen) atoms. The van der Waals surface area contributed by atoms with Crippen LogP contribution in [-0.2, 0) is 4.79 Å². The Labute approximate surface area is 86.3 Å². The van der Waals surface area contributed by atoms with Crippen LogP contribution in [0.5, 0.6) is 0 Å². The van der Waals surface area contributed by atoms with Crippen LogP contribution in [0.25, 0.3) is 0 Å². The van der Waals surface area contributed by atoms with Crippen LogP contribution in [-0.4, -0.2) is 5.91 Å². The number of benzene rings is 1. The van der Waals surface area contributed by atoms with Gasteiger partial charge >= 0.3 is 0 Å². The lowest BCUT2D eigenvalue weighted by Crippen LogP contribution is -2.23. The van der Waals surface area contributed by atoms with E-state index in [1.807, 2.05) is 51.1 Å². The van der Waals surface area contributed by atoms with E-state index in [1.165, 1.54) is 6.92 Å². The van der Waals surface area contributed by atoms with E-state index in [1.54, 1.807) is 0 Å². The normalized spacial score (nSPS) is 10.9. The van der Waals surface area contributed by atoms with Crippen molar-refractivity contribution in [3.05, 3.63) is 35.9 Å². The lowest BCUT2D eigenvalue weighted by Gasteiger charge is -2.11. The lowest BCUT2D eigenvalue weighted by atomic mass is 10.1. The maximum absolute atomic E-state index is 10.7. The number of hydrogen-bond acceptors (Lipinski definition) is 1. The van der Waals surface area contributed by atoms with Gasteiger partial charge in [0.2, 0.25) is 5.91 Å². The van der Waals surface area contributed by atoms with Gasteiger partial charge in [-0.25, -0.2) is 0 Å². The first-order valence-electron chi connectivity index (χ1n) is 5.02. The quantitative estimate of drug-likeness (QED) is 0.768. The molecule has 0 spiro atoms. The molecule has 0 bridgehead atoms. The fourth-order valence-corrected chi connectivity index (χ4v) is 1.13. The van der Waals surface area contributed by atoms with Gasteiger partial charge in [0, 0.05) is 6.92 Å². The van der Waals surface area contributed by atoms with Gasteiger partial charge in [0.05, 0.1) is 6.04 Å². The van der Waals surface area contributed by atoms with Gasteiger partial charge in [0.1, 0.15) is 0 Å². The van der Waals surface area contributed by atoms with Crippen LogP contribution in [0.4, 0.5) is 0 Å². The first-order valence-corrected chi connectivity index (χ1v) is 5.02. The molecule has 78 valence electrons. The molecule has 0 fully saturated rings. The predicted octanol–water partition coefficient (Wildman–Crippen LogP) is 2.91.